The first kappa shape index (κ1) is 32.5. The molecule has 0 saturated carbocycles. The van der Waals surface area contributed by atoms with Crippen molar-refractivity contribution in [2.75, 3.05) is 0 Å². The molecule has 9 aromatic carbocycles. The van der Waals surface area contributed by atoms with Crippen LogP contribution in [0.2, 0.25) is 0 Å². The van der Waals surface area contributed by atoms with Gasteiger partial charge in [0.25, 0.3) is 0 Å². The lowest BCUT2D eigenvalue weighted by atomic mass is 9.95. The van der Waals surface area contributed by atoms with Gasteiger partial charge in [-0.05, 0) is 94.2 Å². The second kappa shape index (κ2) is 12.9. The lowest BCUT2D eigenvalue weighted by Gasteiger charge is -2.27. The molecule has 0 fully saturated rings. The molecule has 1 aliphatic rings. The zero-order valence-corrected chi connectivity index (χ0v) is 31.5. The van der Waals surface area contributed by atoms with E-state index in [1.165, 1.54) is 71.1 Å². The maximum Gasteiger partial charge on any atom is 0.134 e. The first-order valence-corrected chi connectivity index (χ1v) is 19.9. The maximum atomic E-state index is 5.14. The van der Waals surface area contributed by atoms with Gasteiger partial charge in [-0.2, -0.15) is 0 Å². The smallest absolute Gasteiger partial charge is 0.134 e. The molecule has 0 spiro atoms. The van der Waals surface area contributed by atoms with Gasteiger partial charge in [0.2, 0.25) is 0 Å². The Morgan fingerprint density at radius 1 is 0.397 bits per heavy atom. The predicted octanol–water partition coefficient (Wildman–Crippen LogP) is 13.5. The Hall–Kier alpha value is -7.69. The first-order valence-electron chi connectivity index (χ1n) is 19.9. The van der Waals surface area contributed by atoms with Crippen LogP contribution in [-0.4, -0.2) is 15.0 Å². The van der Waals surface area contributed by atoms with Crippen LogP contribution in [0, 0.1) is 0 Å². The summed E-state index contributed by atoms with van der Waals surface area (Å²) in [6.45, 7) is 0. The number of amidine groups is 1. The summed E-state index contributed by atoms with van der Waals surface area (Å²) >= 11 is 0. The zero-order chi connectivity index (χ0) is 38.2. The second-order valence-corrected chi connectivity index (χ2v) is 15.2. The topological polar surface area (TPSA) is 34.2 Å². The van der Waals surface area contributed by atoms with E-state index in [1.54, 1.807) is 0 Å². The Morgan fingerprint density at radius 3 is 1.86 bits per heavy atom. The van der Waals surface area contributed by atoms with E-state index in [0.717, 1.165) is 34.0 Å². The van der Waals surface area contributed by atoms with Gasteiger partial charge in [-0.25, -0.2) is 4.99 Å². The summed E-state index contributed by atoms with van der Waals surface area (Å²) < 4.78 is 4.88. The van der Waals surface area contributed by atoms with Gasteiger partial charge in [0.15, 0.2) is 0 Å². The molecule has 0 radical (unpaired) electrons. The van der Waals surface area contributed by atoms with Crippen molar-refractivity contribution >= 4 is 65.9 Å². The molecule has 11 aromatic rings. The summed E-state index contributed by atoms with van der Waals surface area (Å²) in [6.07, 6.45) is 0. The molecule has 3 heterocycles. The van der Waals surface area contributed by atoms with Crippen LogP contribution >= 0.6 is 0 Å². The van der Waals surface area contributed by atoms with Crippen LogP contribution in [0.25, 0.3) is 76.9 Å². The van der Waals surface area contributed by atoms with Crippen molar-refractivity contribution in [1.29, 1.82) is 0 Å². The van der Waals surface area contributed by atoms with Crippen molar-refractivity contribution in [1.82, 2.24) is 14.5 Å². The largest absolute Gasteiger partial charge is 0.359 e. The van der Waals surface area contributed by atoms with Gasteiger partial charge >= 0.3 is 0 Å². The van der Waals surface area contributed by atoms with Crippen LogP contribution in [0.3, 0.4) is 0 Å². The SMILES string of the molecule is c1ccc(-c2ccc3c4cc5c6c7ccccc7ccc6n(-c6ccccc6)c5cc4n(-c4ccc(C5=Nc6ccccc6C(c6ccccc6)N5)cc4)c3c2)cc1. The molecule has 4 nitrogen and oxygen atoms in total. The molecule has 1 unspecified atom stereocenters. The molecule has 12 rings (SSSR count). The molecule has 0 amide bonds. The lowest BCUT2D eigenvalue weighted by Crippen LogP contribution is -2.32. The van der Waals surface area contributed by atoms with Gasteiger partial charge in [-0.15, -0.1) is 0 Å². The highest BCUT2D eigenvalue weighted by Gasteiger charge is 2.25. The van der Waals surface area contributed by atoms with Crippen LogP contribution in [0.5, 0.6) is 0 Å². The van der Waals surface area contributed by atoms with Crippen molar-refractivity contribution in [3.63, 3.8) is 0 Å². The van der Waals surface area contributed by atoms with Gasteiger partial charge in [-0.1, -0.05) is 140 Å². The third kappa shape index (κ3) is 5.05. The number of aliphatic imine (C=N–C) groups is 1. The molecule has 1 atom stereocenters. The molecular weight excluding hydrogens is 705 g/mol. The molecule has 272 valence electrons. The minimum atomic E-state index is 0.00854. The van der Waals surface area contributed by atoms with E-state index in [1.807, 2.05) is 0 Å². The third-order valence-electron chi connectivity index (χ3n) is 12.0. The third-order valence-corrected chi connectivity index (χ3v) is 12.0. The standard InChI is InChI=1S/C54H36N4/c1-4-14-35(15-5-1)39-26-30-43-45-33-46-51(57(40-19-8-3-9-20-40)48-31-27-36-16-10-11-21-42(36)52(46)48)34-50(45)58(49(43)32-39)41-28-24-38(25-29-41)54-55-47-23-13-12-22-44(47)53(56-54)37-17-6-2-7-18-37/h1-34,53H,(H,55,56). The molecule has 0 bridgehead atoms. The quantitative estimate of drug-likeness (QED) is 0.187. The average Bonchev–Trinajstić information content (AvgIpc) is 3.80. The first-order chi connectivity index (χ1) is 28.8. The summed E-state index contributed by atoms with van der Waals surface area (Å²) in [5.41, 5.74) is 13.8. The van der Waals surface area contributed by atoms with Gasteiger partial charge in [0.1, 0.15) is 5.84 Å². The minimum absolute atomic E-state index is 0.00854. The summed E-state index contributed by atoms with van der Waals surface area (Å²) in [5, 5.41) is 11.3. The van der Waals surface area contributed by atoms with E-state index >= 15 is 0 Å². The molecule has 4 heteroatoms. The fraction of sp³-hybridized carbons (Fsp3) is 0.0185. The monoisotopic (exact) mass is 740 g/mol. The fourth-order valence-electron chi connectivity index (χ4n) is 9.27. The number of benzene rings is 9. The highest BCUT2D eigenvalue weighted by Crippen LogP contribution is 2.43. The Morgan fingerprint density at radius 2 is 1.03 bits per heavy atom. The van der Waals surface area contributed by atoms with E-state index < -0.39 is 0 Å². The summed E-state index contributed by atoms with van der Waals surface area (Å²) in [6, 6.07) is 74.5. The summed E-state index contributed by atoms with van der Waals surface area (Å²) in [5.74, 6) is 0.869. The van der Waals surface area contributed by atoms with Gasteiger partial charge < -0.3 is 14.5 Å². The molecule has 1 aliphatic heterocycles. The van der Waals surface area contributed by atoms with E-state index in [2.05, 4.69) is 221 Å². The number of fused-ring (bicyclic) bond motifs is 9. The van der Waals surface area contributed by atoms with E-state index in [-0.39, 0.29) is 6.04 Å². The van der Waals surface area contributed by atoms with Crippen molar-refractivity contribution in [2.45, 2.75) is 6.04 Å². The number of hydrogen-bond acceptors (Lipinski definition) is 2. The number of rotatable bonds is 5. The lowest BCUT2D eigenvalue weighted by molar-refractivity contribution is 0.749. The van der Waals surface area contributed by atoms with E-state index in [0.29, 0.717) is 0 Å². The number of nitrogens with zero attached hydrogens (tertiary/aromatic N) is 3. The molecule has 0 aliphatic carbocycles. The Bertz CT molecular complexity index is 3390. The second-order valence-electron chi connectivity index (χ2n) is 15.2. The van der Waals surface area contributed by atoms with Crippen LogP contribution in [0.1, 0.15) is 22.7 Å². The zero-order valence-electron chi connectivity index (χ0n) is 31.5. The summed E-state index contributed by atoms with van der Waals surface area (Å²) in [4.78, 5) is 5.14. The number of hydrogen-bond donors (Lipinski definition) is 1. The van der Waals surface area contributed by atoms with Gasteiger partial charge in [0, 0.05) is 44.0 Å². The van der Waals surface area contributed by atoms with Crippen LogP contribution in [0.4, 0.5) is 5.69 Å². The van der Waals surface area contributed by atoms with Crippen molar-refractivity contribution in [3.05, 3.63) is 223 Å². The predicted molar refractivity (Wildman–Crippen MR) is 242 cm³/mol. The minimum Gasteiger partial charge on any atom is -0.359 e. The van der Waals surface area contributed by atoms with Crippen LogP contribution in [0.15, 0.2) is 211 Å². The van der Waals surface area contributed by atoms with Gasteiger partial charge in [0.05, 0.1) is 33.8 Å². The maximum absolute atomic E-state index is 5.14. The molecular formula is C54H36N4. The number of para-hydroxylation sites is 2. The average molecular weight is 741 g/mol. The van der Waals surface area contributed by atoms with Crippen molar-refractivity contribution in [3.8, 4) is 22.5 Å². The van der Waals surface area contributed by atoms with Gasteiger partial charge in [-0.3, -0.25) is 0 Å². The van der Waals surface area contributed by atoms with E-state index in [9.17, 15) is 0 Å². The van der Waals surface area contributed by atoms with Crippen molar-refractivity contribution < 1.29 is 0 Å². The fourth-order valence-corrected chi connectivity index (χ4v) is 9.27. The molecule has 58 heavy (non-hydrogen) atoms. The van der Waals surface area contributed by atoms with Crippen molar-refractivity contribution in [2.24, 2.45) is 4.99 Å². The Balaban J connectivity index is 1.10. The molecule has 0 saturated heterocycles. The molecule has 1 N–H and O–H groups in total. The highest BCUT2D eigenvalue weighted by molar-refractivity contribution is 6.25. The summed E-state index contributed by atoms with van der Waals surface area (Å²) in [7, 11) is 0. The van der Waals surface area contributed by atoms with E-state index in [4.69, 9.17) is 4.99 Å². The Kier molecular flexibility index (Phi) is 7.26. The normalized spacial score (nSPS) is 13.9. The number of aromatic nitrogens is 2. The number of nitrogens with one attached hydrogen (secondary N) is 1. The Labute approximate surface area is 335 Å². The van der Waals surface area contributed by atoms with Crippen LogP contribution < -0.4 is 5.32 Å². The highest BCUT2D eigenvalue weighted by atomic mass is 15.1. The molecule has 2 aromatic heterocycles. The van der Waals surface area contributed by atoms with Crippen LogP contribution in [-0.2, 0) is 0 Å².